The number of amides is 1. The Balaban J connectivity index is 2.34. The summed E-state index contributed by atoms with van der Waals surface area (Å²) >= 11 is 0. The second-order valence-corrected chi connectivity index (χ2v) is 5.81. The lowest BCUT2D eigenvalue weighted by atomic mass is 10.0. The third-order valence-electron chi connectivity index (χ3n) is 3.62. The average molecular weight is 285 g/mol. The Labute approximate surface area is 123 Å². The van der Waals surface area contributed by atoms with Crippen LogP contribution < -0.4 is 10.6 Å². The highest BCUT2D eigenvalue weighted by Crippen LogP contribution is 2.08. The Morgan fingerprint density at radius 2 is 2.30 bits per heavy atom. The molecular formula is C15H31N3O2. The van der Waals surface area contributed by atoms with Gasteiger partial charge in [-0.15, -0.1) is 0 Å². The Morgan fingerprint density at radius 1 is 1.50 bits per heavy atom. The van der Waals surface area contributed by atoms with Crippen LogP contribution in [0.1, 0.15) is 39.5 Å². The van der Waals surface area contributed by atoms with E-state index in [-0.39, 0.29) is 11.9 Å². The summed E-state index contributed by atoms with van der Waals surface area (Å²) in [6.45, 7) is 8.23. The molecule has 0 bridgehead atoms. The Hall–Kier alpha value is -0.650. The highest BCUT2D eigenvalue weighted by Gasteiger charge is 2.18. The highest BCUT2D eigenvalue weighted by atomic mass is 16.5. The molecule has 1 saturated heterocycles. The van der Waals surface area contributed by atoms with Crippen molar-refractivity contribution in [3.05, 3.63) is 0 Å². The van der Waals surface area contributed by atoms with Crippen molar-refractivity contribution < 1.29 is 9.53 Å². The van der Waals surface area contributed by atoms with E-state index in [9.17, 15) is 4.79 Å². The fraction of sp³-hybridized carbons (Fsp3) is 0.933. The molecule has 1 rings (SSSR count). The Kier molecular flexibility index (Phi) is 8.82. The summed E-state index contributed by atoms with van der Waals surface area (Å²) in [5.41, 5.74) is 0. The minimum absolute atomic E-state index is 0.0729. The maximum atomic E-state index is 12.0. The number of rotatable bonds is 9. The summed E-state index contributed by atoms with van der Waals surface area (Å²) in [6, 6.07) is 0.614. The van der Waals surface area contributed by atoms with Crippen LogP contribution in [0.3, 0.4) is 0 Å². The first-order valence-electron chi connectivity index (χ1n) is 7.89. The molecule has 0 spiro atoms. The van der Waals surface area contributed by atoms with E-state index in [1.807, 2.05) is 6.92 Å². The Bertz CT molecular complexity index is 268. The van der Waals surface area contributed by atoms with Crippen molar-refractivity contribution in [3.8, 4) is 0 Å². The lowest BCUT2D eigenvalue weighted by molar-refractivity contribution is -0.123. The number of nitrogens with one attached hydrogen (secondary N) is 2. The minimum atomic E-state index is 0.0729. The second kappa shape index (κ2) is 10.1. The predicted octanol–water partition coefficient (Wildman–Crippen LogP) is 0.992. The maximum Gasteiger partial charge on any atom is 0.234 e. The van der Waals surface area contributed by atoms with E-state index in [1.165, 1.54) is 19.3 Å². The van der Waals surface area contributed by atoms with Gasteiger partial charge >= 0.3 is 0 Å². The molecule has 2 unspecified atom stereocenters. The van der Waals surface area contributed by atoms with Crippen LogP contribution in [0, 0.1) is 0 Å². The number of carbonyl (C=O) groups excluding carboxylic acids is 1. The van der Waals surface area contributed by atoms with Gasteiger partial charge in [0.05, 0.1) is 13.2 Å². The molecule has 0 aliphatic carbocycles. The van der Waals surface area contributed by atoms with Crippen molar-refractivity contribution in [2.75, 3.05) is 39.9 Å². The minimum Gasteiger partial charge on any atom is -0.383 e. The normalized spacial score (nSPS) is 20.9. The third-order valence-corrected chi connectivity index (χ3v) is 3.62. The molecule has 0 aromatic carbocycles. The van der Waals surface area contributed by atoms with Crippen LogP contribution in [0.2, 0.25) is 0 Å². The van der Waals surface area contributed by atoms with Crippen molar-refractivity contribution >= 4 is 5.91 Å². The zero-order valence-corrected chi connectivity index (χ0v) is 13.3. The van der Waals surface area contributed by atoms with Gasteiger partial charge in [0, 0.05) is 25.7 Å². The van der Waals surface area contributed by atoms with Crippen LogP contribution in [-0.2, 0) is 9.53 Å². The van der Waals surface area contributed by atoms with Crippen molar-refractivity contribution in [1.82, 2.24) is 15.5 Å². The van der Waals surface area contributed by atoms with E-state index >= 15 is 0 Å². The van der Waals surface area contributed by atoms with Gasteiger partial charge in [0.2, 0.25) is 5.91 Å². The third kappa shape index (κ3) is 7.22. The number of nitrogens with zero attached hydrogens (tertiary/aromatic N) is 1. The molecule has 5 nitrogen and oxygen atoms in total. The second-order valence-electron chi connectivity index (χ2n) is 5.81. The molecule has 0 radical (unpaired) electrons. The van der Waals surface area contributed by atoms with Crippen LogP contribution in [0.15, 0.2) is 0 Å². The van der Waals surface area contributed by atoms with E-state index in [1.54, 1.807) is 7.11 Å². The summed E-state index contributed by atoms with van der Waals surface area (Å²) in [5.74, 6) is 0.0961. The first-order valence-corrected chi connectivity index (χ1v) is 7.89. The molecule has 5 heteroatoms. The fourth-order valence-corrected chi connectivity index (χ4v) is 2.76. The van der Waals surface area contributed by atoms with Gasteiger partial charge in [-0.05, 0) is 39.3 Å². The quantitative estimate of drug-likeness (QED) is 0.663. The van der Waals surface area contributed by atoms with Gasteiger partial charge in [0.15, 0.2) is 0 Å². The maximum absolute atomic E-state index is 12.0. The largest absolute Gasteiger partial charge is 0.383 e. The van der Waals surface area contributed by atoms with Gasteiger partial charge < -0.3 is 15.4 Å². The first kappa shape index (κ1) is 17.4. The van der Waals surface area contributed by atoms with E-state index in [0.717, 1.165) is 26.1 Å². The van der Waals surface area contributed by atoms with E-state index < -0.39 is 0 Å². The van der Waals surface area contributed by atoms with Crippen LogP contribution >= 0.6 is 0 Å². The van der Waals surface area contributed by atoms with E-state index in [4.69, 9.17) is 4.74 Å². The van der Waals surface area contributed by atoms with Gasteiger partial charge in [-0.25, -0.2) is 0 Å². The van der Waals surface area contributed by atoms with E-state index in [0.29, 0.717) is 19.2 Å². The number of piperidine rings is 1. The molecule has 1 amide bonds. The van der Waals surface area contributed by atoms with Gasteiger partial charge in [-0.2, -0.15) is 0 Å². The van der Waals surface area contributed by atoms with Crippen molar-refractivity contribution in [3.63, 3.8) is 0 Å². The lowest BCUT2D eigenvalue weighted by Gasteiger charge is -2.30. The first-order chi connectivity index (χ1) is 9.65. The predicted molar refractivity (Wildman–Crippen MR) is 81.9 cm³/mol. The number of methoxy groups -OCH3 is 1. The molecule has 1 heterocycles. The molecule has 0 aromatic rings. The van der Waals surface area contributed by atoms with Gasteiger partial charge in [0.25, 0.3) is 0 Å². The summed E-state index contributed by atoms with van der Waals surface area (Å²) in [5, 5.41) is 6.53. The molecule has 2 N–H and O–H groups in total. The zero-order valence-electron chi connectivity index (χ0n) is 13.3. The highest BCUT2D eigenvalue weighted by molar-refractivity contribution is 5.78. The van der Waals surface area contributed by atoms with Crippen LogP contribution in [0.5, 0.6) is 0 Å². The molecular weight excluding hydrogens is 254 g/mol. The van der Waals surface area contributed by atoms with Crippen molar-refractivity contribution in [2.24, 2.45) is 0 Å². The average Bonchev–Trinajstić information content (AvgIpc) is 2.40. The monoisotopic (exact) mass is 285 g/mol. The molecule has 1 aliphatic heterocycles. The smallest absolute Gasteiger partial charge is 0.234 e. The van der Waals surface area contributed by atoms with Gasteiger partial charge in [-0.3, -0.25) is 9.69 Å². The molecule has 118 valence electrons. The lowest BCUT2D eigenvalue weighted by Crippen LogP contribution is -2.48. The fourth-order valence-electron chi connectivity index (χ4n) is 2.76. The zero-order chi connectivity index (χ0) is 14.8. The number of hydrogen-bond acceptors (Lipinski definition) is 4. The molecule has 1 aliphatic rings. The van der Waals surface area contributed by atoms with Crippen LogP contribution in [-0.4, -0.2) is 62.8 Å². The molecule has 2 atom stereocenters. The number of carbonyl (C=O) groups is 1. The summed E-state index contributed by atoms with van der Waals surface area (Å²) in [7, 11) is 1.65. The van der Waals surface area contributed by atoms with Crippen molar-refractivity contribution in [1.29, 1.82) is 0 Å². The summed E-state index contributed by atoms with van der Waals surface area (Å²) in [4.78, 5) is 14.3. The summed E-state index contributed by atoms with van der Waals surface area (Å²) < 4.78 is 5.04. The number of hydrogen-bond donors (Lipinski definition) is 2. The van der Waals surface area contributed by atoms with Gasteiger partial charge in [0.1, 0.15) is 0 Å². The molecule has 0 saturated carbocycles. The molecule has 1 fully saturated rings. The van der Waals surface area contributed by atoms with Gasteiger partial charge in [-0.1, -0.05) is 13.3 Å². The Morgan fingerprint density at radius 3 is 2.90 bits per heavy atom. The van der Waals surface area contributed by atoms with Crippen LogP contribution in [0.4, 0.5) is 0 Å². The SMILES string of the molecule is CCCN(CC(=O)NC(C)COC)CC1CCCCN1. The standard InChI is InChI=1S/C15H31N3O2/c1-4-9-18(10-14-7-5-6-8-16-14)11-15(19)17-13(2)12-20-3/h13-14,16H,4-12H2,1-3H3,(H,17,19). The van der Waals surface area contributed by atoms with Crippen molar-refractivity contribution in [2.45, 2.75) is 51.6 Å². The van der Waals surface area contributed by atoms with Crippen LogP contribution in [0.25, 0.3) is 0 Å². The van der Waals surface area contributed by atoms with E-state index in [2.05, 4.69) is 22.5 Å². The summed E-state index contributed by atoms with van der Waals surface area (Å²) in [6.07, 6.45) is 4.88. The number of ether oxygens (including phenoxy) is 1. The topological polar surface area (TPSA) is 53.6 Å². The molecule has 0 aromatic heterocycles. The molecule has 20 heavy (non-hydrogen) atoms.